The molecule has 0 aliphatic rings. The normalized spacial score (nSPS) is 12.7. The number of hydrogen-bond donors (Lipinski definition) is 3. The Morgan fingerprint density at radius 2 is 1.74 bits per heavy atom. The van der Waals surface area contributed by atoms with Crippen molar-refractivity contribution in [1.82, 2.24) is 19.9 Å². The van der Waals surface area contributed by atoms with Crippen LogP contribution in [0.15, 0.2) is 47.4 Å². The number of aryl methyl sites for hydroxylation is 2. The first-order valence-corrected chi connectivity index (χ1v) is 11.1. The number of nitrogens with one attached hydrogen (secondary N) is 2. The molecule has 2 aromatic heterocycles. The molecule has 3 N–H and O–H groups in total. The standard InChI is InChI=1S/C26H26F2N4O3/c1-13-6-11-18(20(28)14(13)2)19-12-32-22(25(34)29-19)15(3)21(31-32)24(33)30-23(26(4,5)35)16-7-9-17(27)10-8-16/h6-12,23,35H,1-5H3,(H,29,34)(H,30,33)/t23-/m0/s1. The summed E-state index contributed by atoms with van der Waals surface area (Å²) in [5.41, 5.74) is 0.721. The van der Waals surface area contributed by atoms with E-state index in [0.29, 0.717) is 16.7 Å². The maximum atomic E-state index is 14.9. The molecule has 4 rings (SSSR count). The molecule has 7 nitrogen and oxygen atoms in total. The van der Waals surface area contributed by atoms with Crippen LogP contribution in [-0.2, 0) is 0 Å². The fraction of sp³-hybridized carbons (Fsp3) is 0.269. The lowest BCUT2D eigenvalue weighted by Crippen LogP contribution is -2.42. The third kappa shape index (κ3) is 4.46. The Kier molecular flexibility index (Phi) is 6.06. The van der Waals surface area contributed by atoms with E-state index in [1.807, 2.05) is 0 Å². The second-order valence-corrected chi connectivity index (χ2v) is 9.24. The van der Waals surface area contributed by atoms with Crippen LogP contribution in [0.25, 0.3) is 16.8 Å². The summed E-state index contributed by atoms with van der Waals surface area (Å²) in [7, 11) is 0. The van der Waals surface area contributed by atoms with Gasteiger partial charge in [0, 0.05) is 11.1 Å². The highest BCUT2D eigenvalue weighted by Crippen LogP contribution is 2.28. The van der Waals surface area contributed by atoms with Gasteiger partial charge in [-0.3, -0.25) is 9.59 Å². The Hall–Kier alpha value is -3.85. The molecule has 2 aromatic carbocycles. The van der Waals surface area contributed by atoms with E-state index in [0.717, 1.165) is 5.56 Å². The molecule has 35 heavy (non-hydrogen) atoms. The average molecular weight is 481 g/mol. The van der Waals surface area contributed by atoms with Crippen molar-refractivity contribution < 1.29 is 18.7 Å². The summed E-state index contributed by atoms with van der Waals surface area (Å²) in [6.07, 6.45) is 1.46. The van der Waals surface area contributed by atoms with E-state index in [9.17, 15) is 23.5 Å². The van der Waals surface area contributed by atoms with Crippen LogP contribution < -0.4 is 10.9 Å². The number of halogens is 2. The predicted octanol–water partition coefficient (Wildman–Crippen LogP) is 4.14. The van der Waals surface area contributed by atoms with Crippen LogP contribution in [0.2, 0.25) is 0 Å². The number of carbonyl (C=O) groups excluding carboxylic acids is 1. The summed E-state index contributed by atoms with van der Waals surface area (Å²) in [6, 6.07) is 7.89. The van der Waals surface area contributed by atoms with E-state index in [1.54, 1.807) is 32.9 Å². The summed E-state index contributed by atoms with van der Waals surface area (Å²) < 4.78 is 29.5. The largest absolute Gasteiger partial charge is 0.388 e. The fourth-order valence-corrected chi connectivity index (χ4v) is 4.09. The van der Waals surface area contributed by atoms with Crippen LogP contribution in [0.5, 0.6) is 0 Å². The lowest BCUT2D eigenvalue weighted by molar-refractivity contribution is 0.0342. The van der Waals surface area contributed by atoms with Gasteiger partial charge in [0.15, 0.2) is 5.69 Å². The number of amides is 1. The van der Waals surface area contributed by atoms with Crippen LogP contribution >= 0.6 is 0 Å². The molecule has 0 aliphatic carbocycles. The van der Waals surface area contributed by atoms with Crippen molar-refractivity contribution in [3.05, 3.63) is 92.5 Å². The number of aliphatic hydroxyl groups is 1. The number of hydrogen-bond acceptors (Lipinski definition) is 4. The Labute approximate surface area is 200 Å². The second-order valence-electron chi connectivity index (χ2n) is 9.24. The van der Waals surface area contributed by atoms with Crippen molar-refractivity contribution in [2.45, 2.75) is 46.3 Å². The molecule has 0 saturated heterocycles. The smallest absolute Gasteiger partial charge is 0.274 e. The lowest BCUT2D eigenvalue weighted by Gasteiger charge is -2.30. The first-order valence-electron chi connectivity index (χ1n) is 11.1. The van der Waals surface area contributed by atoms with Crippen molar-refractivity contribution in [2.75, 3.05) is 0 Å². The molecule has 0 saturated carbocycles. The number of aromatic nitrogens is 3. The monoisotopic (exact) mass is 480 g/mol. The summed E-state index contributed by atoms with van der Waals surface area (Å²) in [5, 5.41) is 17.7. The zero-order chi connectivity index (χ0) is 25.7. The maximum absolute atomic E-state index is 14.9. The third-order valence-electron chi connectivity index (χ3n) is 6.21. The van der Waals surface area contributed by atoms with E-state index in [-0.39, 0.29) is 22.5 Å². The van der Waals surface area contributed by atoms with E-state index in [4.69, 9.17) is 0 Å². The Bertz CT molecular complexity index is 1500. The van der Waals surface area contributed by atoms with Crippen molar-refractivity contribution >= 4 is 11.4 Å². The summed E-state index contributed by atoms with van der Waals surface area (Å²) in [5.74, 6) is -1.52. The number of aromatic amines is 1. The van der Waals surface area contributed by atoms with Gasteiger partial charge in [-0.05, 0) is 69.5 Å². The molecular weight excluding hydrogens is 454 g/mol. The molecule has 0 aliphatic heterocycles. The fourth-order valence-electron chi connectivity index (χ4n) is 4.09. The summed E-state index contributed by atoms with van der Waals surface area (Å²) in [4.78, 5) is 28.8. The number of rotatable bonds is 5. The number of benzene rings is 2. The zero-order valence-electron chi connectivity index (χ0n) is 20.0. The number of carbonyl (C=O) groups is 1. The molecule has 2 heterocycles. The molecule has 0 bridgehead atoms. The number of H-pyrrole nitrogens is 1. The molecular formula is C26H26F2N4O3. The van der Waals surface area contributed by atoms with Gasteiger partial charge in [-0.15, -0.1) is 0 Å². The summed E-state index contributed by atoms with van der Waals surface area (Å²) in [6.45, 7) is 8.08. The Morgan fingerprint density at radius 1 is 1.09 bits per heavy atom. The van der Waals surface area contributed by atoms with Gasteiger partial charge >= 0.3 is 0 Å². The molecule has 0 unspecified atom stereocenters. The third-order valence-corrected chi connectivity index (χ3v) is 6.21. The van der Waals surface area contributed by atoms with E-state index < -0.39 is 34.7 Å². The van der Waals surface area contributed by atoms with Crippen LogP contribution in [0, 0.1) is 32.4 Å². The van der Waals surface area contributed by atoms with Crippen molar-refractivity contribution in [2.24, 2.45) is 0 Å². The quantitative estimate of drug-likeness (QED) is 0.400. The van der Waals surface area contributed by atoms with Crippen LogP contribution in [0.1, 0.15) is 52.6 Å². The molecule has 4 aromatic rings. The average Bonchev–Trinajstić information content (AvgIpc) is 3.12. The van der Waals surface area contributed by atoms with Gasteiger partial charge in [0.05, 0.1) is 23.5 Å². The molecule has 9 heteroatoms. The molecule has 1 amide bonds. The minimum absolute atomic E-state index is 0.0235. The number of fused-ring (bicyclic) bond motifs is 1. The Morgan fingerprint density at radius 3 is 2.37 bits per heavy atom. The lowest BCUT2D eigenvalue weighted by atomic mass is 9.91. The topological polar surface area (TPSA) is 99.5 Å². The number of nitrogens with zero attached hydrogens (tertiary/aromatic N) is 2. The van der Waals surface area contributed by atoms with Gasteiger partial charge in [0.25, 0.3) is 11.5 Å². The minimum atomic E-state index is -1.38. The maximum Gasteiger partial charge on any atom is 0.274 e. The minimum Gasteiger partial charge on any atom is -0.388 e. The van der Waals surface area contributed by atoms with Crippen LogP contribution in [-0.4, -0.2) is 31.2 Å². The SMILES string of the molecule is Cc1ccc(-c2cn3nc(C(=O)N[C@@H](c4ccc(F)cc4)C(C)(C)O)c(C)c3c(=O)[nH]2)c(F)c1C. The van der Waals surface area contributed by atoms with Crippen molar-refractivity contribution in [3.8, 4) is 11.3 Å². The molecule has 0 spiro atoms. The molecule has 0 radical (unpaired) electrons. The molecule has 1 atom stereocenters. The highest BCUT2D eigenvalue weighted by Gasteiger charge is 2.32. The van der Waals surface area contributed by atoms with Gasteiger partial charge in [0.1, 0.15) is 17.2 Å². The second kappa shape index (κ2) is 8.74. The van der Waals surface area contributed by atoms with E-state index >= 15 is 0 Å². The first-order chi connectivity index (χ1) is 16.4. The van der Waals surface area contributed by atoms with Gasteiger partial charge < -0.3 is 15.4 Å². The Balaban J connectivity index is 1.76. The van der Waals surface area contributed by atoms with Crippen molar-refractivity contribution in [1.29, 1.82) is 0 Å². The van der Waals surface area contributed by atoms with E-state index in [2.05, 4.69) is 15.4 Å². The van der Waals surface area contributed by atoms with Crippen molar-refractivity contribution in [3.63, 3.8) is 0 Å². The highest BCUT2D eigenvalue weighted by molar-refractivity contribution is 5.96. The molecule has 182 valence electrons. The zero-order valence-corrected chi connectivity index (χ0v) is 20.0. The van der Waals surface area contributed by atoms with Gasteiger partial charge in [-0.2, -0.15) is 5.10 Å². The summed E-state index contributed by atoms with van der Waals surface area (Å²) >= 11 is 0. The molecule has 0 fully saturated rings. The first kappa shape index (κ1) is 24.3. The van der Waals surface area contributed by atoms with Gasteiger partial charge in [-0.1, -0.05) is 18.2 Å². The van der Waals surface area contributed by atoms with E-state index in [1.165, 1.54) is 48.8 Å². The van der Waals surface area contributed by atoms with Gasteiger partial charge in [-0.25, -0.2) is 13.3 Å². The van der Waals surface area contributed by atoms with Crippen LogP contribution in [0.4, 0.5) is 8.78 Å². The van der Waals surface area contributed by atoms with Gasteiger partial charge in [0.2, 0.25) is 0 Å². The predicted molar refractivity (Wildman–Crippen MR) is 128 cm³/mol. The van der Waals surface area contributed by atoms with Crippen LogP contribution in [0.3, 0.4) is 0 Å². The highest BCUT2D eigenvalue weighted by atomic mass is 19.1.